The van der Waals surface area contributed by atoms with Crippen LogP contribution in [0.2, 0.25) is 0 Å². The molecule has 2 aromatic heterocycles. The number of ether oxygens (including phenoxy) is 2. The number of hydrogen-bond donors (Lipinski definition) is 1. The zero-order chi connectivity index (χ0) is 20.4. The van der Waals surface area contributed by atoms with Gasteiger partial charge in [0.05, 0.1) is 19.1 Å². The molecule has 0 aliphatic heterocycles. The van der Waals surface area contributed by atoms with Gasteiger partial charge in [-0.3, -0.25) is 4.72 Å². The number of anilines is 1. The minimum Gasteiger partial charge on any atom is -0.478 e. The molecular weight excluding hydrogens is 394 g/mol. The van der Waals surface area contributed by atoms with Crippen molar-refractivity contribution in [3.05, 3.63) is 24.3 Å². The van der Waals surface area contributed by atoms with Gasteiger partial charge in [-0.05, 0) is 25.0 Å². The Morgan fingerprint density at radius 3 is 2.54 bits per heavy atom. The van der Waals surface area contributed by atoms with Crippen LogP contribution >= 0.6 is 0 Å². The van der Waals surface area contributed by atoms with E-state index in [1.165, 1.54) is 13.2 Å². The second kappa shape index (κ2) is 7.82. The quantitative estimate of drug-likeness (QED) is 0.775. The zero-order valence-corrected chi connectivity index (χ0v) is 16.2. The zero-order valence-electron chi connectivity index (χ0n) is 15.4. The van der Waals surface area contributed by atoms with Crippen molar-refractivity contribution in [3.8, 4) is 23.1 Å². The highest BCUT2D eigenvalue weighted by atomic mass is 32.2. The average Bonchev–Trinajstić information content (AvgIpc) is 2.62. The van der Waals surface area contributed by atoms with Gasteiger partial charge >= 0.3 is 0 Å². The maximum Gasteiger partial charge on any atom is 0.257 e. The predicted molar refractivity (Wildman–Crippen MR) is 98.1 cm³/mol. The van der Waals surface area contributed by atoms with Crippen molar-refractivity contribution in [3.63, 3.8) is 0 Å². The van der Waals surface area contributed by atoms with Gasteiger partial charge in [-0.15, -0.1) is 10.2 Å². The minimum atomic E-state index is -3.55. The monoisotopic (exact) mass is 414 g/mol. The van der Waals surface area contributed by atoms with E-state index in [0.717, 1.165) is 6.26 Å². The van der Waals surface area contributed by atoms with Gasteiger partial charge in [0.25, 0.3) is 5.88 Å². The molecule has 1 saturated carbocycles. The summed E-state index contributed by atoms with van der Waals surface area (Å²) in [5, 5.41) is 7.85. The molecule has 152 valence electrons. The molecule has 0 saturated heterocycles. The van der Waals surface area contributed by atoms with E-state index in [-0.39, 0.29) is 49.2 Å². The van der Waals surface area contributed by atoms with Crippen LogP contribution in [0, 0.1) is 0 Å². The van der Waals surface area contributed by atoms with Crippen LogP contribution < -0.4 is 14.2 Å². The summed E-state index contributed by atoms with van der Waals surface area (Å²) in [4.78, 5) is 4.34. The molecule has 0 bridgehead atoms. The van der Waals surface area contributed by atoms with Gasteiger partial charge in [-0.25, -0.2) is 22.2 Å². The Labute approximate surface area is 161 Å². The summed E-state index contributed by atoms with van der Waals surface area (Å²) in [5.74, 6) is -2.33. The summed E-state index contributed by atoms with van der Waals surface area (Å²) in [6, 6.07) is 6.41. The van der Waals surface area contributed by atoms with Crippen molar-refractivity contribution in [2.45, 2.75) is 37.7 Å². The Balaban J connectivity index is 1.81. The van der Waals surface area contributed by atoms with E-state index in [1.54, 1.807) is 18.2 Å². The lowest BCUT2D eigenvalue weighted by Crippen LogP contribution is -2.30. The molecule has 0 unspecified atom stereocenters. The fourth-order valence-corrected chi connectivity index (χ4v) is 3.40. The van der Waals surface area contributed by atoms with Gasteiger partial charge < -0.3 is 9.47 Å². The fourth-order valence-electron chi connectivity index (χ4n) is 2.85. The second-order valence-corrected chi connectivity index (χ2v) is 8.31. The van der Waals surface area contributed by atoms with E-state index < -0.39 is 15.9 Å². The van der Waals surface area contributed by atoms with Crippen molar-refractivity contribution < 1.29 is 26.7 Å². The number of aromatic nitrogens is 3. The van der Waals surface area contributed by atoms with Crippen LogP contribution in [0.15, 0.2) is 24.3 Å². The maximum atomic E-state index is 13.3. The highest BCUT2D eigenvalue weighted by Crippen LogP contribution is 2.35. The van der Waals surface area contributed by atoms with Crippen LogP contribution in [-0.2, 0) is 10.0 Å². The lowest BCUT2D eigenvalue weighted by Gasteiger charge is -2.28. The van der Waals surface area contributed by atoms with E-state index in [4.69, 9.17) is 9.47 Å². The molecule has 0 spiro atoms. The number of rotatable bonds is 6. The van der Waals surface area contributed by atoms with Crippen molar-refractivity contribution in [2.24, 2.45) is 0 Å². The molecular formula is C17H20F2N4O4S. The Bertz CT molecular complexity index is 946. The third-order valence-corrected chi connectivity index (χ3v) is 4.78. The van der Waals surface area contributed by atoms with Crippen LogP contribution in [0.3, 0.4) is 0 Å². The Hall–Kier alpha value is -2.56. The summed E-state index contributed by atoms with van der Waals surface area (Å²) in [7, 11) is -2.20. The highest BCUT2D eigenvalue weighted by molar-refractivity contribution is 7.92. The summed E-state index contributed by atoms with van der Waals surface area (Å²) in [6.07, 6.45) is 0.774. The lowest BCUT2D eigenvalue weighted by molar-refractivity contribution is -0.0588. The molecule has 0 atom stereocenters. The summed E-state index contributed by atoms with van der Waals surface area (Å²) >= 11 is 0. The molecule has 28 heavy (non-hydrogen) atoms. The molecule has 2 heterocycles. The van der Waals surface area contributed by atoms with Gasteiger partial charge in [0.2, 0.25) is 21.8 Å². The molecule has 2 aromatic rings. The molecule has 1 N–H and O–H groups in total. The Morgan fingerprint density at radius 2 is 1.89 bits per heavy atom. The first-order chi connectivity index (χ1) is 13.1. The van der Waals surface area contributed by atoms with Gasteiger partial charge in [0.15, 0.2) is 0 Å². The summed E-state index contributed by atoms with van der Waals surface area (Å²) in [5.41, 5.74) is 0.815. The molecule has 1 aliphatic rings. The molecule has 11 heteroatoms. The number of sulfonamides is 1. The maximum absolute atomic E-state index is 13.3. The number of halogens is 2. The third kappa shape index (κ3) is 5.24. The molecule has 0 amide bonds. The second-order valence-electron chi connectivity index (χ2n) is 6.56. The van der Waals surface area contributed by atoms with E-state index >= 15 is 0 Å². The number of hydrogen-bond acceptors (Lipinski definition) is 7. The third-order valence-electron chi connectivity index (χ3n) is 4.19. The van der Waals surface area contributed by atoms with Gasteiger partial charge in [-0.2, -0.15) is 0 Å². The van der Waals surface area contributed by atoms with E-state index in [0.29, 0.717) is 11.4 Å². The van der Waals surface area contributed by atoms with Crippen LogP contribution in [0.5, 0.6) is 11.8 Å². The van der Waals surface area contributed by atoms with Crippen molar-refractivity contribution >= 4 is 15.7 Å². The molecule has 0 radical (unpaired) electrons. The van der Waals surface area contributed by atoms with Crippen molar-refractivity contribution in [1.82, 2.24) is 15.2 Å². The number of pyridine rings is 1. The topological polar surface area (TPSA) is 103 Å². The fraction of sp³-hybridized carbons (Fsp3) is 0.471. The van der Waals surface area contributed by atoms with Gasteiger partial charge in [-0.1, -0.05) is 6.07 Å². The van der Waals surface area contributed by atoms with Crippen molar-refractivity contribution in [1.29, 1.82) is 0 Å². The average molecular weight is 414 g/mol. The van der Waals surface area contributed by atoms with E-state index in [1.807, 2.05) is 0 Å². The first kappa shape index (κ1) is 20.2. The smallest absolute Gasteiger partial charge is 0.257 e. The van der Waals surface area contributed by atoms with Crippen LogP contribution in [0.1, 0.15) is 25.7 Å². The van der Waals surface area contributed by atoms with Gasteiger partial charge in [0.1, 0.15) is 17.5 Å². The normalized spacial score (nSPS) is 17.1. The largest absolute Gasteiger partial charge is 0.478 e. The summed E-state index contributed by atoms with van der Waals surface area (Å²) in [6.45, 7) is 0. The summed E-state index contributed by atoms with van der Waals surface area (Å²) < 4.78 is 62.7. The van der Waals surface area contributed by atoms with Crippen LogP contribution in [0.25, 0.3) is 11.4 Å². The highest BCUT2D eigenvalue weighted by Gasteiger charge is 2.35. The Kier molecular flexibility index (Phi) is 5.64. The van der Waals surface area contributed by atoms with Crippen LogP contribution in [-0.4, -0.2) is 49.0 Å². The van der Waals surface area contributed by atoms with Crippen LogP contribution in [0.4, 0.5) is 14.5 Å². The molecule has 1 aliphatic carbocycles. The molecule has 8 nitrogen and oxygen atoms in total. The molecule has 0 aromatic carbocycles. The van der Waals surface area contributed by atoms with Crippen molar-refractivity contribution in [2.75, 3.05) is 18.1 Å². The number of alkyl halides is 2. The Morgan fingerprint density at radius 1 is 1.18 bits per heavy atom. The number of nitrogens with zero attached hydrogens (tertiary/aromatic N) is 3. The van der Waals surface area contributed by atoms with Gasteiger partial charge in [0, 0.05) is 18.9 Å². The first-order valence-corrected chi connectivity index (χ1v) is 10.5. The standard InChI is InChI=1S/C17H20F2N4O4S/c1-26-16-14(23-28(2,24)25)10-13(21-22-16)12-4-3-5-15(20-12)27-11-6-8-17(18,19)9-7-11/h3-5,10-11H,6-9H2,1-2H3,(H,21,23). The molecule has 1 fully saturated rings. The minimum absolute atomic E-state index is 0.0183. The first-order valence-electron chi connectivity index (χ1n) is 8.57. The molecule has 3 rings (SSSR count). The lowest BCUT2D eigenvalue weighted by atomic mass is 9.94. The number of methoxy groups -OCH3 is 1. The van der Waals surface area contributed by atoms with E-state index in [2.05, 4.69) is 19.9 Å². The van der Waals surface area contributed by atoms with E-state index in [9.17, 15) is 17.2 Å². The number of nitrogens with one attached hydrogen (secondary N) is 1. The predicted octanol–water partition coefficient (Wildman–Crippen LogP) is 2.88. The SMILES string of the molecule is COc1nnc(-c2cccc(OC3CCC(F)(F)CC3)n2)cc1NS(C)(=O)=O.